The van der Waals surface area contributed by atoms with Gasteiger partial charge < -0.3 is 5.11 Å². The molecule has 0 aromatic carbocycles. The Hall–Kier alpha value is -0.790. The summed E-state index contributed by atoms with van der Waals surface area (Å²) in [5.74, 6) is -0.709. The third kappa shape index (κ3) is 2.68. The topological polar surface area (TPSA) is 37.3 Å². The van der Waals surface area contributed by atoms with Crippen LogP contribution in [-0.2, 0) is 4.79 Å². The highest BCUT2D eigenvalue weighted by atomic mass is 16.4. The third-order valence-corrected chi connectivity index (χ3v) is 2.29. The lowest BCUT2D eigenvalue weighted by atomic mass is 9.79. The molecule has 0 saturated heterocycles. The SMILES string of the molecule is CC1(C)C=C(CC(=O)O)CCC1. The molecule has 0 radical (unpaired) electrons. The molecular formula is C10H16O2. The zero-order valence-corrected chi connectivity index (χ0v) is 7.76. The molecule has 1 rings (SSSR count). The second-order valence-corrected chi connectivity index (χ2v) is 4.22. The highest BCUT2D eigenvalue weighted by Crippen LogP contribution is 2.33. The maximum absolute atomic E-state index is 10.4. The summed E-state index contributed by atoms with van der Waals surface area (Å²) in [7, 11) is 0. The van der Waals surface area contributed by atoms with Crippen LogP contribution >= 0.6 is 0 Å². The van der Waals surface area contributed by atoms with Crippen molar-refractivity contribution in [1.29, 1.82) is 0 Å². The molecule has 0 heterocycles. The first kappa shape index (κ1) is 9.30. The van der Waals surface area contributed by atoms with Crippen molar-refractivity contribution in [3.63, 3.8) is 0 Å². The first-order valence-corrected chi connectivity index (χ1v) is 4.42. The van der Waals surface area contributed by atoms with Crippen LogP contribution in [0.5, 0.6) is 0 Å². The summed E-state index contributed by atoms with van der Waals surface area (Å²) in [6.07, 6.45) is 5.63. The number of aliphatic carboxylic acids is 1. The molecule has 0 bridgehead atoms. The molecule has 1 aliphatic rings. The van der Waals surface area contributed by atoms with E-state index in [0.717, 1.165) is 18.4 Å². The van der Waals surface area contributed by atoms with Gasteiger partial charge in [0, 0.05) is 0 Å². The van der Waals surface area contributed by atoms with E-state index in [1.54, 1.807) is 0 Å². The molecule has 2 nitrogen and oxygen atoms in total. The molecule has 0 amide bonds. The maximum Gasteiger partial charge on any atom is 0.307 e. The van der Waals surface area contributed by atoms with Crippen molar-refractivity contribution in [1.82, 2.24) is 0 Å². The van der Waals surface area contributed by atoms with Gasteiger partial charge in [-0.3, -0.25) is 4.79 Å². The third-order valence-electron chi connectivity index (χ3n) is 2.29. The van der Waals surface area contributed by atoms with Crippen LogP contribution in [0.15, 0.2) is 11.6 Å². The van der Waals surface area contributed by atoms with Gasteiger partial charge >= 0.3 is 5.97 Å². The number of carboxylic acid groups (broad SMARTS) is 1. The van der Waals surface area contributed by atoms with Crippen LogP contribution in [0.25, 0.3) is 0 Å². The average molecular weight is 168 g/mol. The van der Waals surface area contributed by atoms with E-state index in [2.05, 4.69) is 19.9 Å². The lowest BCUT2D eigenvalue weighted by Crippen LogP contribution is -2.14. The zero-order chi connectivity index (χ0) is 9.19. The van der Waals surface area contributed by atoms with Gasteiger partial charge in [-0.15, -0.1) is 0 Å². The molecule has 0 aromatic heterocycles. The monoisotopic (exact) mass is 168 g/mol. The van der Waals surface area contributed by atoms with Gasteiger partial charge in [0.1, 0.15) is 0 Å². The minimum atomic E-state index is -0.709. The van der Waals surface area contributed by atoms with Gasteiger partial charge in [0.05, 0.1) is 6.42 Å². The van der Waals surface area contributed by atoms with Crippen LogP contribution in [-0.4, -0.2) is 11.1 Å². The Labute approximate surface area is 73.3 Å². The van der Waals surface area contributed by atoms with E-state index in [1.165, 1.54) is 6.42 Å². The van der Waals surface area contributed by atoms with E-state index in [4.69, 9.17) is 5.11 Å². The van der Waals surface area contributed by atoms with Crippen molar-refractivity contribution < 1.29 is 9.90 Å². The van der Waals surface area contributed by atoms with Crippen molar-refractivity contribution >= 4 is 5.97 Å². The predicted molar refractivity (Wildman–Crippen MR) is 48.0 cm³/mol. The standard InChI is InChI=1S/C10H16O2/c1-10(2)5-3-4-8(7-10)6-9(11)12/h7H,3-6H2,1-2H3,(H,11,12). The Morgan fingerprint density at radius 2 is 2.33 bits per heavy atom. The Morgan fingerprint density at radius 3 is 2.83 bits per heavy atom. The number of allylic oxidation sites excluding steroid dienone is 1. The van der Waals surface area contributed by atoms with Crippen molar-refractivity contribution in [2.75, 3.05) is 0 Å². The molecular weight excluding hydrogens is 152 g/mol. The van der Waals surface area contributed by atoms with E-state index in [0.29, 0.717) is 0 Å². The molecule has 0 atom stereocenters. The van der Waals surface area contributed by atoms with E-state index in [1.807, 2.05) is 0 Å². The van der Waals surface area contributed by atoms with Gasteiger partial charge in [-0.1, -0.05) is 25.5 Å². The highest BCUT2D eigenvalue weighted by molar-refractivity contribution is 5.70. The van der Waals surface area contributed by atoms with E-state index in [9.17, 15) is 4.79 Å². The average Bonchev–Trinajstić information content (AvgIpc) is 1.82. The molecule has 68 valence electrons. The van der Waals surface area contributed by atoms with Gasteiger partial charge in [-0.05, 0) is 24.7 Å². The largest absolute Gasteiger partial charge is 0.481 e. The van der Waals surface area contributed by atoms with Crippen molar-refractivity contribution in [3.05, 3.63) is 11.6 Å². The Balaban J connectivity index is 2.64. The molecule has 0 saturated carbocycles. The van der Waals surface area contributed by atoms with Crippen molar-refractivity contribution in [3.8, 4) is 0 Å². The van der Waals surface area contributed by atoms with Crippen LogP contribution in [0.4, 0.5) is 0 Å². The van der Waals surface area contributed by atoms with Gasteiger partial charge in [-0.25, -0.2) is 0 Å². The van der Waals surface area contributed by atoms with Crippen LogP contribution in [0.2, 0.25) is 0 Å². The smallest absolute Gasteiger partial charge is 0.307 e. The van der Waals surface area contributed by atoms with E-state index < -0.39 is 5.97 Å². The normalized spacial score (nSPS) is 21.7. The Kier molecular flexibility index (Phi) is 2.55. The number of carboxylic acids is 1. The number of rotatable bonds is 2. The molecule has 0 unspecified atom stereocenters. The predicted octanol–water partition coefficient (Wildman–Crippen LogP) is 2.60. The van der Waals surface area contributed by atoms with E-state index >= 15 is 0 Å². The first-order valence-electron chi connectivity index (χ1n) is 4.42. The van der Waals surface area contributed by atoms with Crippen LogP contribution in [0, 0.1) is 5.41 Å². The van der Waals surface area contributed by atoms with Crippen molar-refractivity contribution in [2.24, 2.45) is 5.41 Å². The minimum Gasteiger partial charge on any atom is -0.481 e. The molecule has 0 fully saturated rings. The quantitative estimate of drug-likeness (QED) is 0.643. The first-order chi connectivity index (χ1) is 5.49. The second kappa shape index (κ2) is 3.30. The fourth-order valence-electron chi connectivity index (χ4n) is 1.80. The molecule has 0 aromatic rings. The summed E-state index contributed by atoms with van der Waals surface area (Å²) in [5.41, 5.74) is 1.31. The molecule has 1 N–H and O–H groups in total. The summed E-state index contributed by atoms with van der Waals surface area (Å²) in [6, 6.07) is 0. The molecule has 0 spiro atoms. The molecule has 0 aliphatic heterocycles. The Morgan fingerprint density at radius 1 is 1.67 bits per heavy atom. The molecule has 2 heteroatoms. The Bertz CT molecular complexity index is 214. The molecule has 1 aliphatic carbocycles. The fourth-order valence-corrected chi connectivity index (χ4v) is 1.80. The lowest BCUT2D eigenvalue weighted by molar-refractivity contribution is -0.136. The van der Waals surface area contributed by atoms with Gasteiger partial charge in [0.15, 0.2) is 0 Å². The van der Waals surface area contributed by atoms with Crippen LogP contribution in [0.3, 0.4) is 0 Å². The van der Waals surface area contributed by atoms with E-state index in [-0.39, 0.29) is 11.8 Å². The zero-order valence-electron chi connectivity index (χ0n) is 7.76. The van der Waals surface area contributed by atoms with Gasteiger partial charge in [-0.2, -0.15) is 0 Å². The van der Waals surface area contributed by atoms with Gasteiger partial charge in [0.2, 0.25) is 0 Å². The highest BCUT2D eigenvalue weighted by Gasteiger charge is 2.20. The van der Waals surface area contributed by atoms with Crippen LogP contribution < -0.4 is 0 Å². The summed E-state index contributed by atoms with van der Waals surface area (Å²) in [4.78, 5) is 10.4. The number of hydrogen-bond acceptors (Lipinski definition) is 1. The minimum absolute atomic E-state index is 0.211. The summed E-state index contributed by atoms with van der Waals surface area (Å²) < 4.78 is 0. The van der Waals surface area contributed by atoms with Crippen LogP contribution in [0.1, 0.15) is 39.5 Å². The number of hydrogen-bond donors (Lipinski definition) is 1. The lowest BCUT2D eigenvalue weighted by Gasteiger charge is -2.26. The van der Waals surface area contributed by atoms with Crippen molar-refractivity contribution in [2.45, 2.75) is 39.5 Å². The summed E-state index contributed by atoms with van der Waals surface area (Å²) in [6.45, 7) is 4.32. The summed E-state index contributed by atoms with van der Waals surface area (Å²) in [5, 5.41) is 8.60. The second-order valence-electron chi connectivity index (χ2n) is 4.22. The maximum atomic E-state index is 10.4. The summed E-state index contributed by atoms with van der Waals surface area (Å²) >= 11 is 0. The molecule has 12 heavy (non-hydrogen) atoms. The van der Waals surface area contributed by atoms with Gasteiger partial charge in [0.25, 0.3) is 0 Å². The fraction of sp³-hybridized carbons (Fsp3) is 0.700. The number of carbonyl (C=O) groups is 1.